The number of aromatic nitrogens is 1. The van der Waals surface area contributed by atoms with Gasteiger partial charge in [-0.15, -0.1) is 0 Å². The predicted molar refractivity (Wildman–Crippen MR) is 139 cm³/mol. The van der Waals surface area contributed by atoms with E-state index in [1.807, 2.05) is 62.5 Å². The number of piperidine rings is 1. The van der Waals surface area contributed by atoms with Crippen molar-refractivity contribution >= 4 is 17.2 Å². The Hall–Kier alpha value is -2.66. The molecule has 0 amide bonds. The maximum atomic E-state index is 11.2. The summed E-state index contributed by atoms with van der Waals surface area (Å²) in [5.74, 6) is 0.875. The van der Waals surface area contributed by atoms with Crippen LogP contribution in [0.2, 0.25) is 5.02 Å². The first kappa shape index (κ1) is 24.5. The summed E-state index contributed by atoms with van der Waals surface area (Å²) >= 11 is 6.01. The van der Waals surface area contributed by atoms with Gasteiger partial charge in [-0.1, -0.05) is 48.0 Å². The lowest BCUT2D eigenvalue weighted by Gasteiger charge is -2.38. The molecule has 1 aromatic heterocycles. The highest BCUT2D eigenvalue weighted by Crippen LogP contribution is 2.33. The summed E-state index contributed by atoms with van der Waals surface area (Å²) in [6.07, 6.45) is 8.51. The minimum Gasteiger partial charge on any atom is -0.491 e. The minimum atomic E-state index is -0.769. The molecular formula is C29H33ClN2O2. The second kappa shape index (κ2) is 11.2. The number of likely N-dealkylation sites (tertiary alicyclic amines) is 1. The minimum absolute atomic E-state index is 0.131. The van der Waals surface area contributed by atoms with Gasteiger partial charge in [-0.3, -0.25) is 4.98 Å². The fraction of sp³-hybridized carbons (Fsp3) is 0.345. The Labute approximate surface area is 207 Å². The first-order valence-corrected chi connectivity index (χ1v) is 12.4. The number of aliphatic hydroxyl groups is 1. The SMILES string of the molecule is CC(C)Oc1cccc(/C(=C\CCN2CCC(O)(c3ccc(Cl)cc3)CC2)c2cccnc2)c1. The summed E-state index contributed by atoms with van der Waals surface area (Å²) in [5, 5.41) is 11.8. The molecule has 5 heteroatoms. The molecule has 0 spiro atoms. The van der Waals surface area contributed by atoms with Gasteiger partial charge in [0.15, 0.2) is 0 Å². The van der Waals surface area contributed by atoms with Crippen molar-refractivity contribution in [2.24, 2.45) is 0 Å². The van der Waals surface area contributed by atoms with Crippen LogP contribution in [-0.4, -0.2) is 40.7 Å². The normalized spacial score (nSPS) is 16.6. The van der Waals surface area contributed by atoms with Gasteiger partial charge in [-0.2, -0.15) is 0 Å². The molecule has 1 saturated heterocycles. The molecule has 1 aliphatic rings. The molecule has 2 heterocycles. The van der Waals surface area contributed by atoms with Crippen molar-refractivity contribution in [2.45, 2.75) is 44.8 Å². The first-order chi connectivity index (χ1) is 16.4. The van der Waals surface area contributed by atoms with Gasteiger partial charge in [0.05, 0.1) is 11.7 Å². The van der Waals surface area contributed by atoms with Crippen molar-refractivity contribution in [2.75, 3.05) is 19.6 Å². The quantitative estimate of drug-likeness (QED) is 0.412. The number of ether oxygens (including phenoxy) is 1. The number of pyridine rings is 1. The summed E-state index contributed by atoms with van der Waals surface area (Å²) in [6, 6.07) is 19.9. The van der Waals surface area contributed by atoms with Crippen molar-refractivity contribution in [3.05, 3.63) is 101 Å². The molecule has 1 fully saturated rings. The number of halogens is 1. The van der Waals surface area contributed by atoms with E-state index >= 15 is 0 Å². The fourth-order valence-electron chi connectivity index (χ4n) is 4.52. The van der Waals surface area contributed by atoms with E-state index in [1.54, 1.807) is 6.20 Å². The van der Waals surface area contributed by atoms with Gasteiger partial charge in [-0.05, 0) is 80.1 Å². The van der Waals surface area contributed by atoms with Gasteiger partial charge < -0.3 is 14.7 Å². The molecule has 2 aromatic carbocycles. The molecule has 0 saturated carbocycles. The molecule has 34 heavy (non-hydrogen) atoms. The lowest BCUT2D eigenvalue weighted by molar-refractivity contribution is -0.0254. The Morgan fingerprint density at radius 2 is 1.82 bits per heavy atom. The third-order valence-electron chi connectivity index (χ3n) is 6.35. The Kier molecular flexibility index (Phi) is 8.04. The molecular weight excluding hydrogens is 444 g/mol. The van der Waals surface area contributed by atoms with Crippen LogP contribution in [0, 0.1) is 0 Å². The van der Waals surface area contributed by atoms with Crippen molar-refractivity contribution in [1.82, 2.24) is 9.88 Å². The Morgan fingerprint density at radius 3 is 2.50 bits per heavy atom. The van der Waals surface area contributed by atoms with Gasteiger partial charge in [0.25, 0.3) is 0 Å². The summed E-state index contributed by atoms with van der Waals surface area (Å²) in [4.78, 5) is 6.76. The number of benzene rings is 2. The van der Waals surface area contributed by atoms with Crippen LogP contribution >= 0.6 is 11.6 Å². The number of rotatable bonds is 8. The highest BCUT2D eigenvalue weighted by atomic mass is 35.5. The molecule has 1 aliphatic heterocycles. The third kappa shape index (κ3) is 6.26. The van der Waals surface area contributed by atoms with Gasteiger partial charge >= 0.3 is 0 Å². The molecule has 0 bridgehead atoms. The molecule has 4 rings (SSSR count). The fourth-order valence-corrected chi connectivity index (χ4v) is 4.65. The standard InChI is InChI=1S/C29H33ClN2O2/c1-22(2)34-27-8-3-6-23(20-27)28(24-7-4-16-31-21-24)9-5-17-32-18-14-29(33,15-19-32)25-10-12-26(30)13-11-25/h3-4,6-13,16,20-22,33H,5,14-15,17-19H2,1-2H3/b28-9+. The molecule has 1 N–H and O–H groups in total. The maximum Gasteiger partial charge on any atom is 0.120 e. The molecule has 0 radical (unpaired) electrons. The number of nitrogens with zero attached hydrogens (tertiary/aromatic N) is 2. The molecule has 3 aromatic rings. The van der Waals surface area contributed by atoms with Gasteiger partial charge in [-0.25, -0.2) is 0 Å². The molecule has 0 unspecified atom stereocenters. The van der Waals surface area contributed by atoms with Crippen molar-refractivity contribution in [3.8, 4) is 5.75 Å². The Morgan fingerprint density at radius 1 is 1.09 bits per heavy atom. The van der Waals surface area contributed by atoms with Crippen LogP contribution in [0.3, 0.4) is 0 Å². The largest absolute Gasteiger partial charge is 0.491 e. The predicted octanol–water partition coefficient (Wildman–Crippen LogP) is 6.33. The van der Waals surface area contributed by atoms with E-state index in [0.717, 1.165) is 66.9 Å². The monoisotopic (exact) mass is 476 g/mol. The van der Waals surface area contributed by atoms with Crippen LogP contribution < -0.4 is 4.74 Å². The van der Waals surface area contributed by atoms with Gasteiger partial charge in [0, 0.05) is 42.6 Å². The van der Waals surface area contributed by atoms with Crippen LogP contribution in [0.1, 0.15) is 49.8 Å². The zero-order valence-corrected chi connectivity index (χ0v) is 20.7. The highest BCUT2D eigenvalue weighted by Gasteiger charge is 2.33. The third-order valence-corrected chi connectivity index (χ3v) is 6.60. The van der Waals surface area contributed by atoms with E-state index in [4.69, 9.17) is 16.3 Å². The summed E-state index contributed by atoms with van der Waals surface area (Å²) in [7, 11) is 0. The maximum absolute atomic E-state index is 11.2. The van der Waals surface area contributed by atoms with E-state index < -0.39 is 5.60 Å². The average molecular weight is 477 g/mol. The van der Waals surface area contributed by atoms with E-state index in [9.17, 15) is 5.11 Å². The molecule has 0 aliphatic carbocycles. The van der Waals surface area contributed by atoms with Crippen LogP contribution in [0.25, 0.3) is 5.57 Å². The Balaban J connectivity index is 1.43. The van der Waals surface area contributed by atoms with Crippen LogP contribution in [-0.2, 0) is 5.60 Å². The number of hydrogen-bond acceptors (Lipinski definition) is 4. The van der Waals surface area contributed by atoms with Crippen molar-refractivity contribution < 1.29 is 9.84 Å². The second-order valence-electron chi connectivity index (χ2n) is 9.22. The van der Waals surface area contributed by atoms with Crippen LogP contribution in [0.4, 0.5) is 0 Å². The molecule has 0 atom stereocenters. The second-order valence-corrected chi connectivity index (χ2v) is 9.66. The first-order valence-electron chi connectivity index (χ1n) is 12.0. The van der Waals surface area contributed by atoms with Crippen molar-refractivity contribution in [1.29, 1.82) is 0 Å². The summed E-state index contributed by atoms with van der Waals surface area (Å²) < 4.78 is 5.92. The van der Waals surface area contributed by atoms with Crippen LogP contribution in [0.15, 0.2) is 79.1 Å². The van der Waals surface area contributed by atoms with Crippen molar-refractivity contribution in [3.63, 3.8) is 0 Å². The number of hydrogen-bond donors (Lipinski definition) is 1. The lowest BCUT2D eigenvalue weighted by atomic mass is 9.84. The topological polar surface area (TPSA) is 45.6 Å². The smallest absolute Gasteiger partial charge is 0.120 e. The van der Waals surface area contributed by atoms with E-state index in [-0.39, 0.29) is 6.10 Å². The zero-order chi connectivity index (χ0) is 24.0. The van der Waals surface area contributed by atoms with Crippen LogP contribution in [0.5, 0.6) is 5.75 Å². The summed E-state index contributed by atoms with van der Waals surface area (Å²) in [6.45, 7) is 6.76. The summed E-state index contributed by atoms with van der Waals surface area (Å²) in [5.41, 5.74) is 3.58. The lowest BCUT2D eigenvalue weighted by Crippen LogP contribution is -2.42. The molecule has 4 nitrogen and oxygen atoms in total. The van der Waals surface area contributed by atoms with Gasteiger partial charge in [0.1, 0.15) is 5.75 Å². The highest BCUT2D eigenvalue weighted by molar-refractivity contribution is 6.30. The van der Waals surface area contributed by atoms with E-state index in [0.29, 0.717) is 5.02 Å². The van der Waals surface area contributed by atoms with Gasteiger partial charge in [0.2, 0.25) is 0 Å². The average Bonchev–Trinajstić information content (AvgIpc) is 2.84. The van der Waals surface area contributed by atoms with E-state index in [2.05, 4.69) is 34.2 Å². The molecule has 178 valence electrons. The zero-order valence-electron chi connectivity index (χ0n) is 20.0. The Bertz CT molecular complexity index is 1090. The van der Waals surface area contributed by atoms with E-state index in [1.165, 1.54) is 0 Å².